The molecule has 0 fully saturated rings. The fraction of sp³-hybridized carbons (Fsp3) is 0.600. The molecule has 0 aliphatic rings. The van der Waals surface area contributed by atoms with Crippen LogP contribution < -0.4 is 26.0 Å². The number of para-hydroxylation sites is 1. The number of rotatable bonds is 18. The van der Waals surface area contributed by atoms with Crippen molar-refractivity contribution in [2.75, 3.05) is 26.2 Å². The largest absolute Gasteiger partial charge is 0.494 e. The first kappa shape index (κ1) is 57.1. The van der Waals surface area contributed by atoms with Gasteiger partial charge in [0.25, 0.3) is 5.69 Å². The lowest BCUT2D eigenvalue weighted by Crippen LogP contribution is -2.47. The first-order valence-corrected chi connectivity index (χ1v) is 23.5. The van der Waals surface area contributed by atoms with Crippen molar-refractivity contribution in [3.63, 3.8) is 0 Å². The number of unbranched alkanes of at least 4 members (excludes halogenated alkanes) is 5. The van der Waals surface area contributed by atoms with E-state index in [9.17, 15) is 37.7 Å². The Morgan fingerprint density at radius 3 is 1.48 bits per heavy atom. The number of aliphatic imine (C=N–C) groups is 2. The number of ether oxygens (including phenoxy) is 5. The first-order chi connectivity index (χ1) is 30.9. The number of nitro groups is 1. The fourth-order valence-electron chi connectivity index (χ4n) is 5.59. The van der Waals surface area contributed by atoms with Gasteiger partial charge in [-0.05, 0) is 133 Å². The number of hydrogen-bond acceptors (Lipinski definition) is 15. The van der Waals surface area contributed by atoms with Gasteiger partial charge in [0, 0.05) is 25.7 Å². The molecule has 0 unspecified atom stereocenters. The maximum absolute atomic E-state index is 13.9. The highest BCUT2D eigenvalue weighted by atomic mass is 32.2. The van der Waals surface area contributed by atoms with Crippen molar-refractivity contribution >= 4 is 57.7 Å². The second-order valence-corrected chi connectivity index (χ2v) is 21.1. The van der Waals surface area contributed by atoms with Crippen LogP contribution in [0.5, 0.6) is 5.75 Å². The Hall–Kier alpha value is -6.03. The van der Waals surface area contributed by atoms with E-state index in [1.165, 1.54) is 22.5 Å². The fourth-order valence-corrected chi connectivity index (χ4v) is 7.27. The third-order valence-corrected chi connectivity index (χ3v) is 10.1. The molecule has 0 bridgehead atoms. The van der Waals surface area contributed by atoms with E-state index in [1.807, 2.05) is 0 Å². The Bertz CT molecular complexity index is 2070. The molecule has 0 heterocycles. The Morgan fingerprint density at radius 1 is 0.597 bits per heavy atom. The Morgan fingerprint density at radius 2 is 1.01 bits per heavy atom. The minimum atomic E-state index is -4.28. The van der Waals surface area contributed by atoms with Crippen molar-refractivity contribution in [1.82, 2.24) is 25.6 Å². The summed E-state index contributed by atoms with van der Waals surface area (Å²) >= 11 is 0. The molecule has 0 aliphatic heterocycles. The monoisotopic (exact) mass is 962 g/mol. The van der Waals surface area contributed by atoms with Crippen molar-refractivity contribution in [1.29, 1.82) is 0 Å². The number of guanidine groups is 2. The standard InChI is InChI=1S/C45H70N8O13S/c1-42(2,3)63-38(54)48-36(49-39(55)64-43(4,5)6)46-28-19-15-13-14-16-20-29-52(67(60,61)35-23-18-17-22-34(35)53(58)59)30-21-31-62-33-26-24-32(25-27-33)47-37(50-40(56)65-44(7,8)9)51-41(57)66-45(10,11)12/h17-18,22-27H,13-16,19-21,28-31H2,1-12H3,(H2,46,48,49,54,55)(H2,47,50,51,56,57). The van der Waals surface area contributed by atoms with E-state index < -0.39 is 72.3 Å². The van der Waals surface area contributed by atoms with Crippen LogP contribution >= 0.6 is 0 Å². The van der Waals surface area contributed by atoms with E-state index in [0.29, 0.717) is 30.7 Å². The maximum Gasteiger partial charge on any atom is 0.414 e. The van der Waals surface area contributed by atoms with Crippen LogP contribution in [0.2, 0.25) is 0 Å². The molecule has 0 radical (unpaired) electrons. The molecule has 4 N–H and O–H groups in total. The zero-order chi connectivity index (χ0) is 50.6. The summed E-state index contributed by atoms with van der Waals surface area (Å²) in [6.45, 7) is 20.9. The minimum absolute atomic E-state index is 0.0157. The summed E-state index contributed by atoms with van der Waals surface area (Å²) in [6.07, 6.45) is 1.07. The molecule has 0 saturated carbocycles. The number of hydrogen-bond donors (Lipinski definition) is 4. The Labute approximate surface area is 394 Å². The summed E-state index contributed by atoms with van der Waals surface area (Å²) in [6, 6.07) is 11.6. The molecule has 67 heavy (non-hydrogen) atoms. The number of alkyl carbamates (subject to hydrolysis) is 4. The van der Waals surface area contributed by atoms with Crippen molar-refractivity contribution in [3.8, 4) is 5.75 Å². The molecule has 374 valence electrons. The molecule has 0 saturated heterocycles. The second kappa shape index (κ2) is 25.8. The molecule has 2 aromatic carbocycles. The van der Waals surface area contributed by atoms with Crippen molar-refractivity contribution in [2.24, 2.45) is 9.98 Å². The number of nitrogens with zero attached hydrogens (tertiary/aromatic N) is 4. The van der Waals surface area contributed by atoms with Crippen LogP contribution in [0.1, 0.15) is 128 Å². The van der Waals surface area contributed by atoms with Crippen LogP contribution in [0.15, 0.2) is 63.4 Å². The lowest BCUT2D eigenvalue weighted by Gasteiger charge is -2.22. The number of benzene rings is 2. The molecule has 22 heteroatoms. The van der Waals surface area contributed by atoms with Gasteiger partial charge >= 0.3 is 24.4 Å². The van der Waals surface area contributed by atoms with Crippen LogP contribution in [0.3, 0.4) is 0 Å². The molecule has 2 aromatic rings. The highest BCUT2D eigenvalue weighted by molar-refractivity contribution is 7.89. The van der Waals surface area contributed by atoms with Gasteiger partial charge in [0.1, 0.15) is 28.2 Å². The average Bonchev–Trinajstić information content (AvgIpc) is 3.15. The van der Waals surface area contributed by atoms with Crippen molar-refractivity contribution in [2.45, 2.75) is 155 Å². The van der Waals surface area contributed by atoms with E-state index >= 15 is 0 Å². The van der Waals surface area contributed by atoms with E-state index in [1.54, 1.807) is 107 Å². The summed E-state index contributed by atoms with van der Waals surface area (Å²) in [5, 5.41) is 21.5. The number of amides is 4. The van der Waals surface area contributed by atoms with Gasteiger partial charge in [0.2, 0.25) is 21.9 Å². The molecule has 0 atom stereocenters. The van der Waals surface area contributed by atoms with Crippen molar-refractivity contribution in [3.05, 3.63) is 58.6 Å². The smallest absolute Gasteiger partial charge is 0.414 e. The Kier molecular flexibility index (Phi) is 22.0. The second-order valence-electron chi connectivity index (χ2n) is 19.1. The zero-order valence-electron chi connectivity index (χ0n) is 40.9. The van der Waals surface area contributed by atoms with Gasteiger partial charge in [0.05, 0.1) is 17.2 Å². The van der Waals surface area contributed by atoms with Crippen LogP contribution in [0.4, 0.5) is 30.6 Å². The predicted octanol–water partition coefficient (Wildman–Crippen LogP) is 8.84. The van der Waals surface area contributed by atoms with E-state index in [4.69, 9.17) is 23.7 Å². The molecule has 0 aromatic heterocycles. The van der Waals surface area contributed by atoms with Gasteiger partial charge in [0.15, 0.2) is 4.90 Å². The number of nitro benzene ring substituents is 1. The van der Waals surface area contributed by atoms with Gasteiger partial charge < -0.3 is 23.7 Å². The summed E-state index contributed by atoms with van der Waals surface area (Å²) in [7, 11) is -4.28. The normalized spacial score (nSPS) is 12.0. The van der Waals surface area contributed by atoms with E-state index in [2.05, 4.69) is 31.3 Å². The number of nitrogens with one attached hydrogen (secondary N) is 4. The SMILES string of the molecule is CC(C)(C)OC(=O)NC(=NCCCCCCCCN(CCCOc1ccc(N=C(NC(=O)OC(C)(C)C)NC(=O)OC(C)(C)C)cc1)S(=O)(=O)c1ccccc1[N+](=O)[O-])NC(=O)OC(C)(C)C. The highest BCUT2D eigenvalue weighted by Gasteiger charge is 2.31. The quantitative estimate of drug-likeness (QED) is 0.0272. The molecule has 0 aliphatic carbocycles. The maximum atomic E-state index is 13.9. The predicted molar refractivity (Wildman–Crippen MR) is 253 cm³/mol. The average molecular weight is 963 g/mol. The van der Waals surface area contributed by atoms with Gasteiger partial charge in [-0.15, -0.1) is 0 Å². The van der Waals surface area contributed by atoms with Crippen LogP contribution in [-0.4, -0.2) is 103 Å². The van der Waals surface area contributed by atoms with Crippen LogP contribution in [-0.2, 0) is 29.0 Å². The molecular formula is C45H70N8O13S. The van der Waals surface area contributed by atoms with Gasteiger partial charge in [-0.25, -0.2) is 32.6 Å². The van der Waals surface area contributed by atoms with Gasteiger partial charge in [-0.2, -0.15) is 4.31 Å². The summed E-state index contributed by atoms with van der Waals surface area (Å²) in [4.78, 5) is 69.0. The topological polar surface area (TPSA) is 268 Å². The number of carbonyl (C=O) groups is 4. The van der Waals surface area contributed by atoms with E-state index in [-0.39, 0.29) is 44.6 Å². The molecular weight excluding hydrogens is 893 g/mol. The summed E-state index contributed by atoms with van der Waals surface area (Å²) < 4.78 is 56.1. The molecule has 21 nitrogen and oxygen atoms in total. The lowest BCUT2D eigenvalue weighted by molar-refractivity contribution is -0.387. The van der Waals surface area contributed by atoms with E-state index in [0.717, 1.165) is 25.3 Å². The summed E-state index contributed by atoms with van der Waals surface area (Å²) in [5.41, 5.74) is -3.36. The van der Waals surface area contributed by atoms with Crippen LogP contribution in [0.25, 0.3) is 0 Å². The molecule has 2 rings (SSSR count). The Balaban J connectivity index is 2.06. The highest BCUT2D eigenvalue weighted by Crippen LogP contribution is 2.27. The zero-order valence-corrected chi connectivity index (χ0v) is 41.7. The number of carbonyl (C=O) groups excluding carboxylic acids is 4. The van der Waals surface area contributed by atoms with Gasteiger partial charge in [-0.3, -0.25) is 36.4 Å². The summed E-state index contributed by atoms with van der Waals surface area (Å²) in [5.74, 6) is 0.0834. The lowest BCUT2D eigenvalue weighted by atomic mass is 10.1. The van der Waals surface area contributed by atoms with Crippen molar-refractivity contribution < 1.29 is 56.2 Å². The van der Waals surface area contributed by atoms with Gasteiger partial charge in [-0.1, -0.05) is 37.8 Å². The molecule has 4 amide bonds. The minimum Gasteiger partial charge on any atom is -0.494 e. The molecule has 0 spiro atoms. The first-order valence-electron chi connectivity index (χ1n) is 22.0. The number of sulfonamides is 1. The third-order valence-electron chi connectivity index (χ3n) is 8.14. The third kappa shape index (κ3) is 24.9. The van der Waals surface area contributed by atoms with Crippen LogP contribution in [0, 0.1) is 10.1 Å².